The number of carbonyl (C=O) groups is 1. The fraction of sp³-hybridized carbons (Fsp3) is 0.0833. The van der Waals surface area contributed by atoms with E-state index in [1.807, 2.05) is 0 Å². The van der Waals surface area contributed by atoms with Gasteiger partial charge in [0.2, 0.25) is 5.65 Å². The lowest BCUT2D eigenvalue weighted by Gasteiger charge is -2.04. The van der Waals surface area contributed by atoms with Crippen molar-refractivity contribution in [2.75, 3.05) is 0 Å². The zero-order valence-corrected chi connectivity index (χ0v) is 12.2. The first-order valence-corrected chi connectivity index (χ1v) is 6.74. The Balaban J connectivity index is 1.79. The van der Waals surface area contributed by atoms with Crippen LogP contribution in [0.2, 0.25) is 0 Å². The normalized spacial score (nSPS) is 10.7. The molecule has 0 saturated heterocycles. The van der Waals surface area contributed by atoms with Gasteiger partial charge in [-0.15, -0.1) is 10.2 Å². The maximum Gasteiger partial charge on any atom is 0.293 e. The van der Waals surface area contributed by atoms with Crippen molar-refractivity contribution in [3.8, 4) is 0 Å². The molecule has 21 heavy (non-hydrogen) atoms. The van der Waals surface area contributed by atoms with Crippen molar-refractivity contribution in [2.24, 2.45) is 0 Å². The van der Waals surface area contributed by atoms with Gasteiger partial charge in [0.05, 0.1) is 12.1 Å². The molecule has 8 nitrogen and oxygen atoms in total. The third-order valence-corrected chi connectivity index (χ3v) is 3.22. The van der Waals surface area contributed by atoms with Gasteiger partial charge in [0.15, 0.2) is 5.82 Å². The van der Waals surface area contributed by atoms with Gasteiger partial charge in [-0.25, -0.2) is 0 Å². The minimum atomic E-state index is -0.334. The van der Waals surface area contributed by atoms with Crippen molar-refractivity contribution < 1.29 is 4.79 Å². The molecule has 106 valence electrons. The molecular weight excluding hydrogens is 340 g/mol. The molecule has 0 unspecified atom stereocenters. The van der Waals surface area contributed by atoms with Crippen LogP contribution in [-0.4, -0.2) is 30.5 Å². The highest BCUT2D eigenvalue weighted by atomic mass is 79.9. The molecule has 0 aromatic carbocycles. The molecule has 3 heterocycles. The lowest BCUT2D eigenvalue weighted by Crippen LogP contribution is -2.24. The summed E-state index contributed by atoms with van der Waals surface area (Å²) in [5, 5.41) is 10.4. The number of amides is 1. The largest absolute Gasteiger partial charge is 0.345 e. The summed E-state index contributed by atoms with van der Waals surface area (Å²) in [4.78, 5) is 29.9. The van der Waals surface area contributed by atoms with E-state index in [1.54, 1.807) is 18.5 Å². The SMILES string of the molecule is O=C(NCc1nnc2c(=O)[nH]ccn12)c1cncc(Br)c1. The summed E-state index contributed by atoms with van der Waals surface area (Å²) < 4.78 is 2.24. The first-order chi connectivity index (χ1) is 10.1. The lowest BCUT2D eigenvalue weighted by molar-refractivity contribution is 0.0949. The number of rotatable bonds is 3. The Bertz CT molecular complexity index is 871. The molecule has 0 aliphatic carbocycles. The molecule has 0 bridgehead atoms. The van der Waals surface area contributed by atoms with Crippen LogP contribution in [-0.2, 0) is 6.54 Å². The van der Waals surface area contributed by atoms with Crippen LogP contribution in [0, 0.1) is 0 Å². The molecule has 0 radical (unpaired) electrons. The molecule has 0 fully saturated rings. The van der Waals surface area contributed by atoms with Crippen LogP contribution in [0.4, 0.5) is 0 Å². The summed E-state index contributed by atoms with van der Waals surface area (Å²) in [6.07, 6.45) is 6.17. The van der Waals surface area contributed by atoms with E-state index < -0.39 is 0 Å². The Morgan fingerprint density at radius 2 is 2.24 bits per heavy atom. The molecule has 3 aromatic rings. The lowest BCUT2D eigenvalue weighted by atomic mass is 10.3. The van der Waals surface area contributed by atoms with Crippen LogP contribution in [0.3, 0.4) is 0 Å². The van der Waals surface area contributed by atoms with E-state index >= 15 is 0 Å². The minimum absolute atomic E-state index is 0.149. The number of nitrogens with one attached hydrogen (secondary N) is 2. The molecule has 1 amide bonds. The highest BCUT2D eigenvalue weighted by Crippen LogP contribution is 2.09. The Labute approximate surface area is 126 Å². The Morgan fingerprint density at radius 1 is 1.38 bits per heavy atom. The topological polar surface area (TPSA) is 105 Å². The number of carbonyl (C=O) groups excluding carboxylic acids is 1. The van der Waals surface area contributed by atoms with Crippen LogP contribution >= 0.6 is 15.9 Å². The van der Waals surface area contributed by atoms with E-state index in [2.05, 4.69) is 41.4 Å². The van der Waals surface area contributed by atoms with Crippen LogP contribution < -0.4 is 10.9 Å². The van der Waals surface area contributed by atoms with Gasteiger partial charge in [0.1, 0.15) is 0 Å². The Kier molecular flexibility index (Phi) is 3.48. The summed E-state index contributed by atoms with van der Waals surface area (Å²) >= 11 is 3.25. The van der Waals surface area contributed by atoms with E-state index in [4.69, 9.17) is 0 Å². The fourth-order valence-corrected chi connectivity index (χ4v) is 2.17. The Hall–Kier alpha value is -2.55. The van der Waals surface area contributed by atoms with Gasteiger partial charge in [0, 0.05) is 29.3 Å². The summed E-state index contributed by atoms with van der Waals surface area (Å²) in [7, 11) is 0. The monoisotopic (exact) mass is 348 g/mol. The van der Waals surface area contributed by atoms with Gasteiger partial charge in [-0.05, 0) is 22.0 Å². The van der Waals surface area contributed by atoms with Crippen molar-refractivity contribution in [2.45, 2.75) is 6.54 Å². The summed E-state index contributed by atoms with van der Waals surface area (Å²) in [5.41, 5.74) is 0.278. The van der Waals surface area contributed by atoms with E-state index in [1.165, 1.54) is 16.8 Å². The molecular formula is C12H9BrN6O2. The van der Waals surface area contributed by atoms with Gasteiger partial charge >= 0.3 is 0 Å². The number of nitrogens with zero attached hydrogens (tertiary/aromatic N) is 4. The zero-order valence-electron chi connectivity index (χ0n) is 10.6. The maximum atomic E-state index is 12.0. The van der Waals surface area contributed by atoms with E-state index in [0.717, 1.165) is 4.47 Å². The van der Waals surface area contributed by atoms with Crippen LogP contribution in [0.5, 0.6) is 0 Å². The first kappa shape index (κ1) is 13.4. The number of aromatic amines is 1. The van der Waals surface area contributed by atoms with Gasteiger partial charge < -0.3 is 10.3 Å². The summed E-state index contributed by atoms with van der Waals surface area (Å²) in [6, 6.07) is 1.66. The smallest absolute Gasteiger partial charge is 0.293 e. The fourth-order valence-electron chi connectivity index (χ4n) is 1.81. The number of aromatic nitrogens is 5. The van der Waals surface area contributed by atoms with Gasteiger partial charge in [-0.1, -0.05) is 0 Å². The van der Waals surface area contributed by atoms with Gasteiger partial charge in [-0.2, -0.15) is 0 Å². The number of halogens is 1. The van der Waals surface area contributed by atoms with Crippen molar-refractivity contribution in [3.63, 3.8) is 0 Å². The number of hydrogen-bond donors (Lipinski definition) is 2. The molecule has 0 atom stereocenters. The zero-order chi connectivity index (χ0) is 14.8. The summed E-state index contributed by atoms with van der Waals surface area (Å²) in [5.74, 6) is 0.179. The standard InChI is InChI=1S/C12H9BrN6O2/c13-8-3-7(4-14-5-8)11(20)16-6-9-17-18-10-12(21)15-1-2-19(9)10/h1-5H,6H2,(H,15,21)(H,16,20). The number of fused-ring (bicyclic) bond motifs is 1. The highest BCUT2D eigenvalue weighted by Gasteiger charge is 2.11. The van der Waals surface area contributed by atoms with Crippen molar-refractivity contribution in [1.29, 1.82) is 0 Å². The van der Waals surface area contributed by atoms with Crippen molar-refractivity contribution in [1.82, 2.24) is 29.9 Å². The molecule has 3 aromatic heterocycles. The van der Waals surface area contributed by atoms with E-state index in [9.17, 15) is 9.59 Å². The number of H-pyrrole nitrogens is 1. The second kappa shape index (κ2) is 5.44. The molecule has 3 rings (SSSR count). The third-order valence-electron chi connectivity index (χ3n) is 2.78. The number of hydrogen-bond acceptors (Lipinski definition) is 5. The molecule has 0 aliphatic rings. The van der Waals surface area contributed by atoms with Gasteiger partial charge in [-0.3, -0.25) is 19.0 Å². The van der Waals surface area contributed by atoms with Gasteiger partial charge in [0.25, 0.3) is 11.5 Å². The highest BCUT2D eigenvalue weighted by molar-refractivity contribution is 9.10. The first-order valence-electron chi connectivity index (χ1n) is 5.95. The summed E-state index contributed by atoms with van der Waals surface area (Å²) in [6.45, 7) is 0.149. The third kappa shape index (κ3) is 2.68. The predicted octanol–water partition coefficient (Wildman–Crippen LogP) is 0.505. The maximum absolute atomic E-state index is 12.0. The molecule has 0 saturated carbocycles. The van der Waals surface area contributed by atoms with E-state index in [-0.39, 0.29) is 23.7 Å². The molecule has 9 heteroatoms. The minimum Gasteiger partial charge on any atom is -0.345 e. The van der Waals surface area contributed by atoms with Crippen LogP contribution in [0.25, 0.3) is 5.65 Å². The predicted molar refractivity (Wildman–Crippen MR) is 76.7 cm³/mol. The average Bonchev–Trinajstić information content (AvgIpc) is 2.89. The van der Waals surface area contributed by atoms with Crippen LogP contribution in [0.1, 0.15) is 16.2 Å². The molecule has 2 N–H and O–H groups in total. The number of pyridine rings is 1. The quantitative estimate of drug-likeness (QED) is 0.717. The molecule has 0 aliphatic heterocycles. The molecule has 0 spiro atoms. The second-order valence-corrected chi connectivity index (χ2v) is 5.09. The van der Waals surface area contributed by atoms with Crippen LogP contribution in [0.15, 0.2) is 40.1 Å². The van der Waals surface area contributed by atoms with Crippen molar-refractivity contribution in [3.05, 3.63) is 57.1 Å². The van der Waals surface area contributed by atoms with E-state index in [0.29, 0.717) is 11.4 Å². The average molecular weight is 349 g/mol. The Morgan fingerprint density at radius 3 is 3.05 bits per heavy atom. The second-order valence-electron chi connectivity index (χ2n) is 4.17. The van der Waals surface area contributed by atoms with Crippen molar-refractivity contribution >= 4 is 27.5 Å².